The monoisotopic (exact) mass is 255 g/mol. The Labute approximate surface area is 112 Å². The van der Waals surface area contributed by atoms with Gasteiger partial charge in [-0.2, -0.15) is 5.10 Å². The van der Waals surface area contributed by atoms with Crippen molar-refractivity contribution in [3.63, 3.8) is 0 Å². The highest BCUT2D eigenvalue weighted by Crippen LogP contribution is 2.32. The van der Waals surface area contributed by atoms with E-state index in [4.69, 9.17) is 9.97 Å². The number of fused-ring (bicyclic) bond motifs is 1. The average Bonchev–Trinajstić information content (AvgIpc) is 3.06. The maximum Gasteiger partial charge on any atom is 0.226 e. The van der Waals surface area contributed by atoms with E-state index in [1.54, 1.807) is 0 Å². The normalized spacial score (nSPS) is 21.3. The summed E-state index contributed by atoms with van der Waals surface area (Å²) >= 11 is 0. The lowest BCUT2D eigenvalue weighted by molar-refractivity contribution is 0.470. The summed E-state index contributed by atoms with van der Waals surface area (Å²) in [7, 11) is 0. The molecule has 1 N–H and O–H groups in total. The van der Waals surface area contributed by atoms with Gasteiger partial charge in [-0.1, -0.05) is 0 Å². The van der Waals surface area contributed by atoms with Gasteiger partial charge in [-0.3, -0.25) is 5.10 Å². The van der Waals surface area contributed by atoms with Crippen molar-refractivity contribution in [1.82, 2.24) is 20.2 Å². The van der Waals surface area contributed by atoms with Gasteiger partial charge in [0.2, 0.25) is 5.95 Å². The number of rotatable bonds is 2. The second-order valence-electron chi connectivity index (χ2n) is 5.44. The van der Waals surface area contributed by atoms with Crippen molar-refractivity contribution in [3.8, 4) is 11.4 Å². The lowest BCUT2D eigenvalue weighted by Crippen LogP contribution is -2.46. The molecule has 0 bridgehead atoms. The fourth-order valence-electron chi connectivity index (χ4n) is 2.97. The summed E-state index contributed by atoms with van der Waals surface area (Å²) in [5.41, 5.74) is 4.49. The maximum absolute atomic E-state index is 4.79. The van der Waals surface area contributed by atoms with Gasteiger partial charge >= 0.3 is 0 Å². The van der Waals surface area contributed by atoms with Crippen LogP contribution in [0.1, 0.15) is 31.0 Å². The molecule has 1 unspecified atom stereocenters. The summed E-state index contributed by atoms with van der Waals surface area (Å²) in [4.78, 5) is 11.9. The predicted octanol–water partition coefficient (Wildman–Crippen LogP) is 1.95. The minimum atomic E-state index is 0.562. The fraction of sp³-hybridized carbons (Fsp3) is 0.500. The molecule has 5 nitrogen and oxygen atoms in total. The molecule has 0 spiro atoms. The van der Waals surface area contributed by atoms with Gasteiger partial charge in [-0.15, -0.1) is 0 Å². The molecule has 1 atom stereocenters. The van der Waals surface area contributed by atoms with Crippen LogP contribution in [0, 0.1) is 0 Å². The Bertz CT molecular complexity index is 605. The SMILES string of the molecule is CC1CCN1c1nc2c(c(-c3cc[nH]n3)n1)CCC2. The van der Waals surface area contributed by atoms with E-state index < -0.39 is 0 Å². The van der Waals surface area contributed by atoms with Crippen LogP contribution in [0.3, 0.4) is 0 Å². The third-order valence-electron chi connectivity index (χ3n) is 4.24. The number of nitrogens with zero attached hydrogens (tertiary/aromatic N) is 4. The minimum Gasteiger partial charge on any atom is -0.338 e. The molecule has 4 rings (SSSR count). The quantitative estimate of drug-likeness (QED) is 0.891. The average molecular weight is 255 g/mol. The van der Waals surface area contributed by atoms with Crippen molar-refractivity contribution in [1.29, 1.82) is 0 Å². The lowest BCUT2D eigenvalue weighted by atomic mass is 10.1. The lowest BCUT2D eigenvalue weighted by Gasteiger charge is -2.39. The summed E-state index contributed by atoms with van der Waals surface area (Å²) in [5, 5.41) is 7.17. The molecule has 0 aromatic carbocycles. The van der Waals surface area contributed by atoms with Gasteiger partial charge in [0.25, 0.3) is 0 Å². The van der Waals surface area contributed by atoms with Crippen molar-refractivity contribution < 1.29 is 0 Å². The summed E-state index contributed by atoms with van der Waals surface area (Å²) in [5.74, 6) is 0.886. The van der Waals surface area contributed by atoms with Crippen molar-refractivity contribution in [3.05, 3.63) is 23.5 Å². The molecule has 1 aliphatic carbocycles. The Morgan fingerprint density at radius 3 is 2.95 bits per heavy atom. The first kappa shape index (κ1) is 11.0. The summed E-state index contributed by atoms with van der Waals surface area (Å²) in [6.07, 6.45) is 6.42. The van der Waals surface area contributed by atoms with Crippen molar-refractivity contribution in [2.24, 2.45) is 0 Å². The topological polar surface area (TPSA) is 57.7 Å². The van der Waals surface area contributed by atoms with E-state index in [-0.39, 0.29) is 0 Å². The van der Waals surface area contributed by atoms with E-state index in [1.165, 1.54) is 24.1 Å². The molecule has 1 aliphatic heterocycles. The second kappa shape index (κ2) is 4.05. The zero-order valence-corrected chi connectivity index (χ0v) is 11.1. The number of aromatic nitrogens is 4. The standard InChI is InChI=1S/C14H17N5/c1-9-6-8-19(9)14-16-11-4-2-3-10(11)13(17-14)12-5-7-15-18-12/h5,7,9H,2-4,6,8H2,1H3,(H,15,18). The van der Waals surface area contributed by atoms with E-state index >= 15 is 0 Å². The van der Waals surface area contributed by atoms with Crippen LogP contribution in [-0.4, -0.2) is 32.8 Å². The Balaban J connectivity index is 1.85. The van der Waals surface area contributed by atoms with E-state index in [1.807, 2.05) is 12.3 Å². The molecular weight excluding hydrogens is 238 g/mol. The van der Waals surface area contributed by atoms with Gasteiger partial charge < -0.3 is 4.90 Å². The molecule has 98 valence electrons. The molecule has 2 aromatic rings. The molecule has 2 aromatic heterocycles. The number of aryl methyl sites for hydroxylation is 1. The Morgan fingerprint density at radius 2 is 2.26 bits per heavy atom. The van der Waals surface area contributed by atoms with Gasteiger partial charge in [-0.05, 0) is 38.7 Å². The van der Waals surface area contributed by atoms with Gasteiger partial charge in [0.1, 0.15) is 5.69 Å². The van der Waals surface area contributed by atoms with Crippen LogP contribution in [0.4, 0.5) is 5.95 Å². The van der Waals surface area contributed by atoms with E-state index in [0.29, 0.717) is 6.04 Å². The molecule has 1 saturated heterocycles. The van der Waals surface area contributed by atoms with Gasteiger partial charge in [0.05, 0.1) is 5.69 Å². The molecule has 0 amide bonds. The molecule has 0 saturated carbocycles. The van der Waals surface area contributed by atoms with Crippen LogP contribution >= 0.6 is 0 Å². The number of anilines is 1. The third kappa shape index (κ3) is 1.64. The number of hydrogen-bond acceptors (Lipinski definition) is 4. The summed E-state index contributed by atoms with van der Waals surface area (Å²) < 4.78 is 0. The highest BCUT2D eigenvalue weighted by atomic mass is 15.3. The molecule has 0 radical (unpaired) electrons. The first-order valence-corrected chi connectivity index (χ1v) is 6.99. The number of hydrogen-bond donors (Lipinski definition) is 1. The van der Waals surface area contributed by atoms with E-state index in [0.717, 1.165) is 36.7 Å². The molecular formula is C14H17N5. The molecule has 5 heteroatoms. The van der Waals surface area contributed by atoms with Crippen molar-refractivity contribution >= 4 is 5.95 Å². The van der Waals surface area contributed by atoms with E-state index in [2.05, 4.69) is 22.0 Å². The second-order valence-corrected chi connectivity index (χ2v) is 5.44. The van der Waals surface area contributed by atoms with Crippen molar-refractivity contribution in [2.45, 2.75) is 38.6 Å². The smallest absolute Gasteiger partial charge is 0.226 e. The van der Waals surface area contributed by atoms with Crippen LogP contribution in [0.5, 0.6) is 0 Å². The number of aromatic amines is 1. The predicted molar refractivity (Wildman–Crippen MR) is 73.1 cm³/mol. The van der Waals surface area contributed by atoms with Gasteiger partial charge in [0, 0.05) is 30.0 Å². The van der Waals surface area contributed by atoms with Gasteiger partial charge in [-0.25, -0.2) is 9.97 Å². The fourth-order valence-corrected chi connectivity index (χ4v) is 2.97. The largest absolute Gasteiger partial charge is 0.338 e. The van der Waals surface area contributed by atoms with Gasteiger partial charge in [0.15, 0.2) is 0 Å². The summed E-state index contributed by atoms with van der Waals surface area (Å²) in [6.45, 7) is 3.30. The Hall–Kier alpha value is -1.91. The van der Waals surface area contributed by atoms with Crippen molar-refractivity contribution in [2.75, 3.05) is 11.4 Å². The minimum absolute atomic E-state index is 0.562. The molecule has 2 aliphatic rings. The highest BCUT2D eigenvalue weighted by molar-refractivity contribution is 5.63. The van der Waals surface area contributed by atoms with Crippen LogP contribution in [-0.2, 0) is 12.8 Å². The number of H-pyrrole nitrogens is 1. The molecule has 19 heavy (non-hydrogen) atoms. The van der Waals surface area contributed by atoms with Crippen LogP contribution in [0.25, 0.3) is 11.4 Å². The zero-order chi connectivity index (χ0) is 12.8. The number of nitrogens with one attached hydrogen (secondary N) is 1. The van der Waals surface area contributed by atoms with E-state index in [9.17, 15) is 0 Å². The third-order valence-corrected chi connectivity index (χ3v) is 4.24. The molecule has 1 fully saturated rings. The maximum atomic E-state index is 4.79. The first-order chi connectivity index (χ1) is 9.33. The Kier molecular flexibility index (Phi) is 2.33. The summed E-state index contributed by atoms with van der Waals surface area (Å²) in [6, 6.07) is 2.55. The first-order valence-electron chi connectivity index (χ1n) is 6.99. The van der Waals surface area contributed by atoms with Crippen LogP contribution in [0.2, 0.25) is 0 Å². The Morgan fingerprint density at radius 1 is 1.32 bits per heavy atom. The zero-order valence-electron chi connectivity index (χ0n) is 11.1. The highest BCUT2D eigenvalue weighted by Gasteiger charge is 2.29. The van der Waals surface area contributed by atoms with Crippen LogP contribution < -0.4 is 4.90 Å². The molecule has 3 heterocycles. The van der Waals surface area contributed by atoms with Crippen LogP contribution in [0.15, 0.2) is 12.3 Å².